The Labute approximate surface area is 109 Å². The van der Waals surface area contributed by atoms with Gasteiger partial charge in [0, 0.05) is 18.8 Å². The van der Waals surface area contributed by atoms with E-state index in [0.29, 0.717) is 6.54 Å². The van der Waals surface area contributed by atoms with Crippen molar-refractivity contribution in [1.29, 1.82) is 0 Å². The Morgan fingerprint density at radius 1 is 1.39 bits per heavy atom. The van der Waals surface area contributed by atoms with E-state index in [1.54, 1.807) is 6.33 Å². The first-order chi connectivity index (χ1) is 8.69. The molecule has 102 valence electrons. The number of nitrogens with zero attached hydrogens (tertiary/aromatic N) is 2. The van der Waals surface area contributed by atoms with Crippen molar-refractivity contribution in [2.24, 2.45) is 0 Å². The molecule has 0 saturated heterocycles. The molecule has 1 aromatic heterocycles. The molecular formula is C13H24N4O. The molecule has 0 fully saturated rings. The Kier molecular flexibility index (Phi) is 6.43. The van der Waals surface area contributed by atoms with Gasteiger partial charge < -0.3 is 15.2 Å². The average molecular weight is 252 g/mol. The number of aromatic nitrogens is 2. The summed E-state index contributed by atoms with van der Waals surface area (Å²) < 4.78 is 1.82. The van der Waals surface area contributed by atoms with Gasteiger partial charge in [-0.15, -0.1) is 0 Å². The molecule has 1 rings (SSSR count). The van der Waals surface area contributed by atoms with E-state index >= 15 is 0 Å². The lowest BCUT2D eigenvalue weighted by Gasteiger charge is -2.14. The fraction of sp³-hybridized carbons (Fsp3) is 0.692. The molecule has 2 N–H and O–H groups in total. The molecule has 5 heteroatoms. The standard InChI is InChI=1S/C13H24N4O/c1-4-11(5-2)16-13(18)9-17-8-12(15-10-17)7-14-6-3/h8,10-11,14H,4-7,9H2,1-3H3,(H,16,18). The van der Waals surface area contributed by atoms with Crippen LogP contribution in [0.2, 0.25) is 0 Å². The molecule has 1 amide bonds. The molecule has 1 aromatic rings. The summed E-state index contributed by atoms with van der Waals surface area (Å²) in [5, 5.41) is 6.22. The van der Waals surface area contributed by atoms with Crippen molar-refractivity contribution in [2.75, 3.05) is 6.54 Å². The summed E-state index contributed by atoms with van der Waals surface area (Å²) in [6.07, 6.45) is 5.56. The Hall–Kier alpha value is -1.36. The summed E-state index contributed by atoms with van der Waals surface area (Å²) >= 11 is 0. The van der Waals surface area contributed by atoms with Crippen LogP contribution in [0.25, 0.3) is 0 Å². The fourth-order valence-electron chi connectivity index (χ4n) is 1.77. The van der Waals surface area contributed by atoms with Crippen molar-refractivity contribution in [3.63, 3.8) is 0 Å². The third-order valence-electron chi connectivity index (χ3n) is 2.92. The SMILES string of the molecule is CCNCc1cn(CC(=O)NC(CC)CC)cn1. The van der Waals surface area contributed by atoms with Gasteiger partial charge in [0.1, 0.15) is 6.54 Å². The first-order valence-corrected chi connectivity index (χ1v) is 6.70. The van der Waals surface area contributed by atoms with E-state index in [-0.39, 0.29) is 11.9 Å². The van der Waals surface area contributed by atoms with Crippen LogP contribution in [0.15, 0.2) is 12.5 Å². The van der Waals surface area contributed by atoms with Gasteiger partial charge in [0.2, 0.25) is 5.91 Å². The van der Waals surface area contributed by atoms with Gasteiger partial charge in [-0.1, -0.05) is 20.8 Å². The zero-order valence-corrected chi connectivity index (χ0v) is 11.6. The number of rotatable bonds is 8. The molecule has 0 radical (unpaired) electrons. The molecule has 0 spiro atoms. The smallest absolute Gasteiger partial charge is 0.240 e. The highest BCUT2D eigenvalue weighted by Crippen LogP contribution is 1.98. The predicted octanol–water partition coefficient (Wildman–Crippen LogP) is 1.30. The summed E-state index contributed by atoms with van der Waals surface area (Å²) in [7, 11) is 0. The topological polar surface area (TPSA) is 59.0 Å². The van der Waals surface area contributed by atoms with E-state index in [9.17, 15) is 4.79 Å². The van der Waals surface area contributed by atoms with Gasteiger partial charge in [0.05, 0.1) is 12.0 Å². The minimum Gasteiger partial charge on any atom is -0.352 e. The predicted molar refractivity (Wildman–Crippen MR) is 72.1 cm³/mol. The van der Waals surface area contributed by atoms with Crippen molar-refractivity contribution < 1.29 is 4.79 Å². The molecule has 0 aliphatic carbocycles. The zero-order valence-electron chi connectivity index (χ0n) is 11.6. The van der Waals surface area contributed by atoms with E-state index in [1.807, 2.05) is 10.8 Å². The van der Waals surface area contributed by atoms with E-state index in [2.05, 4.69) is 36.4 Å². The average Bonchev–Trinajstić information content (AvgIpc) is 2.81. The Balaban J connectivity index is 2.41. The number of carbonyl (C=O) groups excluding carboxylic acids is 1. The molecule has 5 nitrogen and oxygen atoms in total. The van der Waals surface area contributed by atoms with Crippen molar-refractivity contribution in [1.82, 2.24) is 20.2 Å². The Morgan fingerprint density at radius 3 is 2.72 bits per heavy atom. The van der Waals surface area contributed by atoms with Crippen LogP contribution in [-0.2, 0) is 17.9 Å². The van der Waals surface area contributed by atoms with Crippen LogP contribution in [-0.4, -0.2) is 28.0 Å². The third-order valence-corrected chi connectivity index (χ3v) is 2.92. The first-order valence-electron chi connectivity index (χ1n) is 6.70. The van der Waals surface area contributed by atoms with Crippen molar-refractivity contribution in [3.8, 4) is 0 Å². The minimum absolute atomic E-state index is 0.0519. The molecular weight excluding hydrogens is 228 g/mol. The largest absolute Gasteiger partial charge is 0.352 e. The van der Waals surface area contributed by atoms with Gasteiger partial charge >= 0.3 is 0 Å². The zero-order chi connectivity index (χ0) is 13.4. The van der Waals surface area contributed by atoms with Gasteiger partial charge in [-0.2, -0.15) is 0 Å². The summed E-state index contributed by atoms with van der Waals surface area (Å²) in [5.74, 6) is 0.0519. The minimum atomic E-state index is 0.0519. The lowest BCUT2D eigenvalue weighted by molar-refractivity contribution is -0.122. The molecule has 0 unspecified atom stereocenters. The second-order valence-corrected chi connectivity index (χ2v) is 4.40. The maximum absolute atomic E-state index is 11.8. The summed E-state index contributed by atoms with van der Waals surface area (Å²) in [4.78, 5) is 16.0. The van der Waals surface area contributed by atoms with Crippen LogP contribution < -0.4 is 10.6 Å². The van der Waals surface area contributed by atoms with Gasteiger partial charge in [0.15, 0.2) is 0 Å². The van der Waals surface area contributed by atoms with E-state index in [1.165, 1.54) is 0 Å². The van der Waals surface area contributed by atoms with Crippen LogP contribution in [0.5, 0.6) is 0 Å². The summed E-state index contributed by atoms with van der Waals surface area (Å²) in [6.45, 7) is 8.23. The van der Waals surface area contributed by atoms with Crippen LogP contribution in [0.3, 0.4) is 0 Å². The second kappa shape index (κ2) is 7.87. The molecule has 0 bridgehead atoms. The summed E-state index contributed by atoms with van der Waals surface area (Å²) in [6, 6.07) is 0.280. The number of carbonyl (C=O) groups is 1. The highest BCUT2D eigenvalue weighted by Gasteiger charge is 2.09. The highest BCUT2D eigenvalue weighted by atomic mass is 16.2. The van der Waals surface area contributed by atoms with Crippen LogP contribution in [0, 0.1) is 0 Å². The lowest BCUT2D eigenvalue weighted by atomic mass is 10.2. The number of nitrogens with one attached hydrogen (secondary N) is 2. The number of imidazole rings is 1. The third kappa shape index (κ3) is 4.87. The normalized spacial score (nSPS) is 10.9. The molecule has 0 saturated carbocycles. The van der Waals surface area contributed by atoms with Crippen LogP contribution >= 0.6 is 0 Å². The maximum Gasteiger partial charge on any atom is 0.240 e. The molecule has 1 heterocycles. The van der Waals surface area contributed by atoms with Gasteiger partial charge in [-0.05, 0) is 19.4 Å². The van der Waals surface area contributed by atoms with Crippen molar-refractivity contribution >= 4 is 5.91 Å². The molecule has 0 aliphatic heterocycles. The van der Waals surface area contributed by atoms with Crippen LogP contribution in [0.4, 0.5) is 0 Å². The number of amides is 1. The number of hydrogen-bond acceptors (Lipinski definition) is 3. The monoisotopic (exact) mass is 252 g/mol. The van der Waals surface area contributed by atoms with Crippen molar-refractivity contribution in [2.45, 2.75) is 52.7 Å². The molecule has 0 atom stereocenters. The Morgan fingerprint density at radius 2 is 2.11 bits per heavy atom. The van der Waals surface area contributed by atoms with Gasteiger partial charge in [-0.25, -0.2) is 4.98 Å². The first kappa shape index (κ1) is 14.7. The van der Waals surface area contributed by atoms with Crippen molar-refractivity contribution in [3.05, 3.63) is 18.2 Å². The Bertz CT molecular complexity index is 358. The van der Waals surface area contributed by atoms with Gasteiger partial charge in [-0.3, -0.25) is 4.79 Å². The molecule has 0 aliphatic rings. The van der Waals surface area contributed by atoms with Gasteiger partial charge in [0.25, 0.3) is 0 Å². The number of hydrogen-bond donors (Lipinski definition) is 2. The lowest BCUT2D eigenvalue weighted by Crippen LogP contribution is -2.36. The quantitative estimate of drug-likeness (QED) is 0.733. The van der Waals surface area contributed by atoms with E-state index in [4.69, 9.17) is 0 Å². The summed E-state index contributed by atoms with van der Waals surface area (Å²) in [5.41, 5.74) is 0.965. The van der Waals surface area contributed by atoms with Crippen LogP contribution in [0.1, 0.15) is 39.3 Å². The van der Waals surface area contributed by atoms with E-state index < -0.39 is 0 Å². The molecule has 18 heavy (non-hydrogen) atoms. The fourth-order valence-corrected chi connectivity index (χ4v) is 1.77. The highest BCUT2D eigenvalue weighted by molar-refractivity contribution is 5.76. The molecule has 0 aromatic carbocycles. The van der Waals surface area contributed by atoms with E-state index in [0.717, 1.165) is 31.6 Å². The maximum atomic E-state index is 11.8. The second-order valence-electron chi connectivity index (χ2n) is 4.40.